The fourth-order valence-corrected chi connectivity index (χ4v) is 2.03. The number of aliphatic imine (C=N–C) groups is 1. The zero-order chi connectivity index (χ0) is 13.1. The average molecular weight is 245 g/mol. The molecule has 1 atom stereocenters. The van der Waals surface area contributed by atoms with E-state index in [4.69, 9.17) is 0 Å². The maximum Gasteiger partial charge on any atom is 0.253 e. The number of nitrogens with zero attached hydrogens (tertiary/aromatic N) is 1. The van der Waals surface area contributed by atoms with Gasteiger partial charge in [0.1, 0.15) is 6.04 Å². The fourth-order valence-electron chi connectivity index (χ4n) is 2.03. The molecule has 0 radical (unpaired) electrons. The third kappa shape index (κ3) is 2.53. The predicted molar refractivity (Wildman–Crippen MR) is 72.5 cm³/mol. The number of nitrogens with one attached hydrogen (secondary N) is 2. The Balaban J connectivity index is 2.24. The molecular weight excluding hydrogens is 226 g/mol. The first-order valence-corrected chi connectivity index (χ1v) is 6.31. The van der Waals surface area contributed by atoms with Crippen molar-refractivity contribution in [2.24, 2.45) is 4.99 Å². The van der Waals surface area contributed by atoms with Gasteiger partial charge < -0.3 is 5.32 Å². The second-order valence-corrected chi connectivity index (χ2v) is 4.66. The Hall–Kier alpha value is -1.84. The zero-order valence-corrected chi connectivity index (χ0v) is 11.1. The molecule has 2 N–H and O–H groups in total. The Morgan fingerprint density at radius 3 is 2.83 bits per heavy atom. The Labute approximate surface area is 108 Å². The highest BCUT2D eigenvalue weighted by Gasteiger charge is 2.30. The SMILES string of the molecule is CCCN=C1NC(=O)C(c2cc(C)ccc2C)N1. The number of carbonyl (C=O) groups excluding carboxylic acids is 1. The first-order valence-electron chi connectivity index (χ1n) is 6.31. The lowest BCUT2D eigenvalue weighted by Crippen LogP contribution is -2.25. The number of rotatable bonds is 3. The highest BCUT2D eigenvalue weighted by molar-refractivity contribution is 6.06. The van der Waals surface area contributed by atoms with E-state index in [-0.39, 0.29) is 11.9 Å². The molecule has 1 fully saturated rings. The molecule has 0 bridgehead atoms. The lowest BCUT2D eigenvalue weighted by molar-refractivity contribution is -0.120. The van der Waals surface area contributed by atoms with Crippen LogP contribution in [0.2, 0.25) is 0 Å². The van der Waals surface area contributed by atoms with Crippen LogP contribution < -0.4 is 10.6 Å². The number of aryl methyl sites for hydroxylation is 2. The molecule has 1 aliphatic heterocycles. The molecule has 4 nitrogen and oxygen atoms in total. The minimum absolute atomic E-state index is 0.0291. The van der Waals surface area contributed by atoms with Crippen molar-refractivity contribution in [1.82, 2.24) is 10.6 Å². The summed E-state index contributed by atoms with van der Waals surface area (Å²) in [6, 6.07) is 5.83. The molecule has 96 valence electrons. The summed E-state index contributed by atoms with van der Waals surface area (Å²) in [5.41, 5.74) is 3.29. The van der Waals surface area contributed by atoms with Gasteiger partial charge >= 0.3 is 0 Å². The Kier molecular flexibility index (Phi) is 3.65. The standard InChI is InChI=1S/C14H19N3O/c1-4-7-15-14-16-12(13(18)17-14)11-8-9(2)5-6-10(11)3/h5-6,8,12H,4,7H2,1-3H3,(H2,15,16,17,18). The van der Waals surface area contributed by atoms with Crippen LogP contribution in [0.15, 0.2) is 23.2 Å². The largest absolute Gasteiger partial charge is 0.340 e. The van der Waals surface area contributed by atoms with E-state index in [1.807, 2.05) is 19.9 Å². The van der Waals surface area contributed by atoms with Crippen molar-refractivity contribution in [2.75, 3.05) is 6.54 Å². The lowest BCUT2D eigenvalue weighted by Gasteiger charge is -2.12. The first kappa shape index (κ1) is 12.6. The van der Waals surface area contributed by atoms with Crippen molar-refractivity contribution in [3.05, 3.63) is 34.9 Å². The summed E-state index contributed by atoms with van der Waals surface area (Å²) in [6.45, 7) is 6.83. The van der Waals surface area contributed by atoms with Crippen LogP contribution in [0, 0.1) is 13.8 Å². The highest BCUT2D eigenvalue weighted by atomic mass is 16.2. The van der Waals surface area contributed by atoms with E-state index in [0.717, 1.165) is 29.7 Å². The first-order chi connectivity index (χ1) is 8.61. The van der Waals surface area contributed by atoms with Crippen molar-refractivity contribution >= 4 is 11.9 Å². The van der Waals surface area contributed by atoms with E-state index in [2.05, 4.69) is 34.7 Å². The summed E-state index contributed by atoms with van der Waals surface area (Å²) >= 11 is 0. The molecule has 0 spiro atoms. The number of benzene rings is 1. The van der Waals surface area contributed by atoms with Crippen LogP contribution in [-0.2, 0) is 4.79 Å². The normalized spacial score (nSPS) is 20.9. The minimum Gasteiger partial charge on any atom is -0.340 e. The van der Waals surface area contributed by atoms with Gasteiger partial charge in [0.25, 0.3) is 5.91 Å². The van der Waals surface area contributed by atoms with E-state index < -0.39 is 0 Å². The Bertz CT molecular complexity index is 494. The maximum atomic E-state index is 12.0. The maximum absolute atomic E-state index is 12.0. The third-order valence-electron chi connectivity index (χ3n) is 3.02. The van der Waals surface area contributed by atoms with Gasteiger partial charge in [-0.1, -0.05) is 30.7 Å². The van der Waals surface area contributed by atoms with Gasteiger partial charge in [0, 0.05) is 6.54 Å². The average Bonchev–Trinajstić information content (AvgIpc) is 2.71. The van der Waals surface area contributed by atoms with Gasteiger partial charge in [-0.05, 0) is 31.4 Å². The van der Waals surface area contributed by atoms with Crippen LogP contribution in [-0.4, -0.2) is 18.4 Å². The number of hydrogen-bond acceptors (Lipinski definition) is 2. The summed E-state index contributed by atoms with van der Waals surface area (Å²) in [4.78, 5) is 16.3. The molecule has 2 rings (SSSR count). The van der Waals surface area contributed by atoms with Crippen LogP contribution in [0.25, 0.3) is 0 Å². The highest BCUT2D eigenvalue weighted by Crippen LogP contribution is 2.21. The molecule has 1 heterocycles. The zero-order valence-electron chi connectivity index (χ0n) is 11.1. The molecule has 1 aromatic carbocycles. The molecule has 1 unspecified atom stereocenters. The number of carbonyl (C=O) groups is 1. The van der Waals surface area contributed by atoms with Gasteiger partial charge in [-0.2, -0.15) is 0 Å². The number of amides is 1. The molecule has 1 aromatic rings. The Morgan fingerprint density at radius 2 is 2.11 bits per heavy atom. The van der Waals surface area contributed by atoms with E-state index in [9.17, 15) is 4.79 Å². The van der Waals surface area contributed by atoms with Gasteiger partial charge in [0.2, 0.25) is 0 Å². The van der Waals surface area contributed by atoms with Gasteiger partial charge in [-0.25, -0.2) is 0 Å². The smallest absolute Gasteiger partial charge is 0.253 e. The lowest BCUT2D eigenvalue weighted by atomic mass is 9.99. The van der Waals surface area contributed by atoms with Gasteiger partial charge in [0.15, 0.2) is 5.96 Å². The van der Waals surface area contributed by atoms with Crippen LogP contribution in [0.5, 0.6) is 0 Å². The monoisotopic (exact) mass is 245 g/mol. The second kappa shape index (κ2) is 5.21. The topological polar surface area (TPSA) is 53.5 Å². The second-order valence-electron chi connectivity index (χ2n) is 4.66. The molecule has 1 aliphatic rings. The van der Waals surface area contributed by atoms with Crippen LogP contribution in [0.3, 0.4) is 0 Å². The van der Waals surface area contributed by atoms with E-state index in [1.165, 1.54) is 0 Å². The predicted octanol–water partition coefficient (Wildman–Crippen LogP) is 1.83. The van der Waals surface area contributed by atoms with Gasteiger partial charge in [-0.3, -0.25) is 15.1 Å². The van der Waals surface area contributed by atoms with Crippen molar-refractivity contribution in [3.8, 4) is 0 Å². The minimum atomic E-state index is -0.319. The van der Waals surface area contributed by atoms with E-state index in [0.29, 0.717) is 5.96 Å². The molecule has 18 heavy (non-hydrogen) atoms. The van der Waals surface area contributed by atoms with Crippen LogP contribution >= 0.6 is 0 Å². The van der Waals surface area contributed by atoms with Crippen LogP contribution in [0.1, 0.15) is 36.1 Å². The summed E-state index contributed by atoms with van der Waals surface area (Å²) in [5, 5.41) is 5.93. The van der Waals surface area contributed by atoms with Crippen molar-refractivity contribution in [2.45, 2.75) is 33.2 Å². The molecule has 0 aromatic heterocycles. The Morgan fingerprint density at radius 1 is 1.33 bits per heavy atom. The number of guanidine groups is 1. The molecule has 0 aliphatic carbocycles. The fraction of sp³-hybridized carbons (Fsp3) is 0.429. The van der Waals surface area contributed by atoms with E-state index in [1.54, 1.807) is 0 Å². The van der Waals surface area contributed by atoms with E-state index >= 15 is 0 Å². The molecule has 0 saturated carbocycles. The molecule has 1 amide bonds. The van der Waals surface area contributed by atoms with Crippen molar-refractivity contribution < 1.29 is 4.79 Å². The third-order valence-corrected chi connectivity index (χ3v) is 3.02. The van der Waals surface area contributed by atoms with Gasteiger partial charge in [-0.15, -0.1) is 0 Å². The molecule has 4 heteroatoms. The molecule has 1 saturated heterocycles. The summed E-state index contributed by atoms with van der Waals surface area (Å²) in [6.07, 6.45) is 0.967. The summed E-state index contributed by atoms with van der Waals surface area (Å²) in [5.74, 6) is 0.561. The quantitative estimate of drug-likeness (QED) is 0.853. The summed E-state index contributed by atoms with van der Waals surface area (Å²) < 4.78 is 0. The van der Waals surface area contributed by atoms with Crippen molar-refractivity contribution in [3.63, 3.8) is 0 Å². The summed E-state index contributed by atoms with van der Waals surface area (Å²) in [7, 11) is 0. The van der Waals surface area contributed by atoms with Crippen LogP contribution in [0.4, 0.5) is 0 Å². The van der Waals surface area contributed by atoms with Crippen molar-refractivity contribution in [1.29, 1.82) is 0 Å². The van der Waals surface area contributed by atoms with Gasteiger partial charge in [0.05, 0.1) is 0 Å². The molecular formula is C14H19N3O. The number of hydrogen-bond donors (Lipinski definition) is 2.